The molecule has 0 unspecified atom stereocenters. The third-order valence-electron chi connectivity index (χ3n) is 2.68. The third-order valence-corrected chi connectivity index (χ3v) is 2.68. The summed E-state index contributed by atoms with van der Waals surface area (Å²) in [4.78, 5) is 21.3. The van der Waals surface area contributed by atoms with E-state index >= 15 is 0 Å². The number of esters is 1. The molecule has 0 aliphatic rings. The van der Waals surface area contributed by atoms with Crippen molar-refractivity contribution in [2.75, 3.05) is 0 Å². The van der Waals surface area contributed by atoms with Crippen molar-refractivity contribution >= 4 is 11.7 Å². The topological polar surface area (TPSA) is 69.4 Å². The van der Waals surface area contributed by atoms with Gasteiger partial charge in [-0.1, -0.05) is 0 Å². The van der Waals surface area contributed by atoms with E-state index in [9.17, 15) is 36.9 Å². The van der Waals surface area contributed by atoms with Crippen LogP contribution in [0.3, 0.4) is 0 Å². The molecule has 2 aromatic rings. The fourth-order valence-corrected chi connectivity index (χ4v) is 1.55. The lowest BCUT2D eigenvalue weighted by molar-refractivity contribution is -0.384. The molecule has 0 aromatic heterocycles. The predicted octanol–water partition coefficient (Wildman–Crippen LogP) is 3.51. The van der Waals surface area contributed by atoms with Crippen LogP contribution in [0.1, 0.15) is 10.4 Å². The number of benzene rings is 2. The summed E-state index contributed by atoms with van der Waals surface area (Å²) in [5.74, 6) is -14.8. The number of nitro benzene ring substituents is 1. The summed E-state index contributed by atoms with van der Waals surface area (Å²) in [6.07, 6.45) is 0. The maximum Gasteiger partial charge on any atom is 0.343 e. The molecule has 0 radical (unpaired) electrons. The molecule has 0 amide bonds. The van der Waals surface area contributed by atoms with Crippen molar-refractivity contribution in [1.82, 2.24) is 0 Å². The minimum atomic E-state index is -2.39. The average Bonchev–Trinajstić information content (AvgIpc) is 2.55. The lowest BCUT2D eigenvalue weighted by atomic mass is 10.2. The van der Waals surface area contributed by atoms with Crippen LogP contribution < -0.4 is 4.74 Å². The molecule has 0 aliphatic heterocycles. The normalized spacial score (nSPS) is 10.5. The van der Waals surface area contributed by atoms with Gasteiger partial charge in [-0.05, 0) is 12.1 Å². The van der Waals surface area contributed by atoms with E-state index in [-0.39, 0.29) is 11.3 Å². The van der Waals surface area contributed by atoms with Crippen LogP contribution in [0.25, 0.3) is 0 Å². The van der Waals surface area contributed by atoms with E-state index in [0.29, 0.717) is 0 Å². The van der Waals surface area contributed by atoms with Crippen molar-refractivity contribution in [2.24, 2.45) is 0 Å². The molecule has 5 nitrogen and oxygen atoms in total. The molecule has 0 saturated heterocycles. The molecule has 120 valence electrons. The Morgan fingerprint density at radius 3 is 1.74 bits per heavy atom. The highest BCUT2D eigenvalue weighted by atomic mass is 19.2. The largest absolute Gasteiger partial charge is 0.416 e. The van der Waals surface area contributed by atoms with Crippen molar-refractivity contribution < 1.29 is 36.4 Å². The molecule has 2 aromatic carbocycles. The zero-order chi connectivity index (χ0) is 17.3. The number of hydrogen-bond donors (Lipinski definition) is 0. The summed E-state index contributed by atoms with van der Waals surface area (Å²) < 4.78 is 69.7. The molecule has 10 heteroatoms. The lowest BCUT2D eigenvalue weighted by Gasteiger charge is -2.08. The van der Waals surface area contributed by atoms with Crippen LogP contribution in [0.4, 0.5) is 27.6 Å². The zero-order valence-electron chi connectivity index (χ0n) is 10.8. The molecule has 0 heterocycles. The number of carbonyl (C=O) groups is 1. The first-order chi connectivity index (χ1) is 10.7. The van der Waals surface area contributed by atoms with Crippen LogP contribution in [0.15, 0.2) is 24.3 Å². The van der Waals surface area contributed by atoms with Gasteiger partial charge in [-0.25, -0.2) is 18.0 Å². The Hall–Kier alpha value is -3.04. The van der Waals surface area contributed by atoms with Crippen molar-refractivity contribution in [3.63, 3.8) is 0 Å². The number of ether oxygens (including phenoxy) is 1. The van der Waals surface area contributed by atoms with E-state index in [0.717, 1.165) is 24.3 Å². The van der Waals surface area contributed by atoms with Crippen LogP contribution in [-0.4, -0.2) is 10.9 Å². The van der Waals surface area contributed by atoms with Gasteiger partial charge in [-0.3, -0.25) is 10.1 Å². The van der Waals surface area contributed by atoms with Gasteiger partial charge in [0.25, 0.3) is 5.69 Å². The van der Waals surface area contributed by atoms with Gasteiger partial charge in [0.05, 0.1) is 10.5 Å². The standard InChI is InChI=1S/C13H4F5NO4/c14-7-8(15)10(17)12(11(18)9(7)16)23-13(20)5-1-3-6(4-2-5)19(21)22/h1-4H. The Morgan fingerprint density at radius 1 is 0.870 bits per heavy atom. The maximum atomic E-state index is 13.4. The minimum absolute atomic E-state index is 0.377. The molecule has 0 fully saturated rings. The highest BCUT2D eigenvalue weighted by molar-refractivity contribution is 5.91. The molecule has 23 heavy (non-hydrogen) atoms. The van der Waals surface area contributed by atoms with Crippen LogP contribution in [0.5, 0.6) is 5.75 Å². The predicted molar refractivity (Wildman–Crippen MR) is 64.3 cm³/mol. The van der Waals surface area contributed by atoms with E-state index in [4.69, 9.17) is 0 Å². The van der Waals surface area contributed by atoms with Crippen molar-refractivity contribution in [2.45, 2.75) is 0 Å². The molecule has 0 N–H and O–H groups in total. The Kier molecular flexibility index (Phi) is 4.25. The number of non-ortho nitro benzene ring substituents is 1. The van der Waals surface area contributed by atoms with Gasteiger partial charge in [0.15, 0.2) is 0 Å². The SMILES string of the molecule is O=C(Oc1c(F)c(F)c(F)c(F)c1F)c1ccc([N+](=O)[O-])cc1. The van der Waals surface area contributed by atoms with Crippen LogP contribution in [-0.2, 0) is 0 Å². The van der Waals surface area contributed by atoms with E-state index in [1.807, 2.05) is 0 Å². The first-order valence-electron chi connectivity index (χ1n) is 5.72. The summed E-state index contributed by atoms with van der Waals surface area (Å²) in [5, 5.41) is 10.4. The zero-order valence-corrected chi connectivity index (χ0v) is 10.8. The van der Waals surface area contributed by atoms with Crippen molar-refractivity contribution in [1.29, 1.82) is 0 Å². The molecule has 0 aliphatic carbocycles. The molecular formula is C13H4F5NO4. The molecule has 0 bridgehead atoms. The molecule has 0 atom stereocenters. The van der Waals surface area contributed by atoms with Gasteiger partial charge in [-0.15, -0.1) is 0 Å². The number of hydrogen-bond acceptors (Lipinski definition) is 4. The number of carbonyl (C=O) groups excluding carboxylic acids is 1. The Morgan fingerprint density at radius 2 is 1.30 bits per heavy atom. The van der Waals surface area contributed by atoms with Gasteiger partial charge in [-0.2, -0.15) is 8.78 Å². The van der Waals surface area contributed by atoms with Gasteiger partial charge in [0.2, 0.25) is 34.8 Å². The number of halogens is 5. The quantitative estimate of drug-likeness (QED) is 0.164. The highest BCUT2D eigenvalue weighted by Gasteiger charge is 2.28. The average molecular weight is 333 g/mol. The Balaban J connectivity index is 2.36. The van der Waals surface area contributed by atoms with Gasteiger partial charge in [0, 0.05) is 12.1 Å². The van der Waals surface area contributed by atoms with Crippen molar-refractivity contribution in [3.05, 3.63) is 69.0 Å². The summed E-state index contributed by atoms with van der Waals surface area (Å²) in [5.41, 5.74) is -0.766. The van der Waals surface area contributed by atoms with Crippen molar-refractivity contribution in [3.8, 4) is 5.75 Å². The number of nitro groups is 1. The fraction of sp³-hybridized carbons (Fsp3) is 0. The van der Waals surface area contributed by atoms with E-state index in [1.165, 1.54) is 0 Å². The summed E-state index contributed by atoms with van der Waals surface area (Å²) >= 11 is 0. The lowest BCUT2D eigenvalue weighted by Crippen LogP contribution is -2.13. The molecule has 2 rings (SSSR count). The fourth-order valence-electron chi connectivity index (χ4n) is 1.55. The number of nitrogens with zero attached hydrogens (tertiary/aromatic N) is 1. The molecule has 0 saturated carbocycles. The van der Waals surface area contributed by atoms with Crippen LogP contribution >= 0.6 is 0 Å². The Labute approximate surface area is 124 Å². The summed E-state index contributed by atoms with van der Waals surface area (Å²) in [7, 11) is 0. The first kappa shape index (κ1) is 16.3. The monoisotopic (exact) mass is 333 g/mol. The summed E-state index contributed by atoms with van der Waals surface area (Å²) in [6, 6.07) is 3.59. The maximum absolute atomic E-state index is 13.4. The highest BCUT2D eigenvalue weighted by Crippen LogP contribution is 2.29. The second kappa shape index (κ2) is 5.99. The van der Waals surface area contributed by atoms with Crippen LogP contribution in [0, 0.1) is 39.2 Å². The van der Waals surface area contributed by atoms with Gasteiger partial charge >= 0.3 is 5.97 Å². The smallest absolute Gasteiger partial charge is 0.343 e. The van der Waals surface area contributed by atoms with E-state index in [2.05, 4.69) is 4.74 Å². The third kappa shape index (κ3) is 2.96. The van der Waals surface area contributed by atoms with E-state index in [1.54, 1.807) is 0 Å². The molecular weight excluding hydrogens is 329 g/mol. The first-order valence-corrected chi connectivity index (χ1v) is 5.72. The second-order valence-corrected chi connectivity index (χ2v) is 4.09. The van der Waals surface area contributed by atoms with Gasteiger partial charge < -0.3 is 4.74 Å². The number of rotatable bonds is 3. The van der Waals surface area contributed by atoms with Crippen LogP contribution in [0.2, 0.25) is 0 Å². The Bertz CT molecular complexity index is 778. The van der Waals surface area contributed by atoms with Gasteiger partial charge in [0.1, 0.15) is 0 Å². The summed E-state index contributed by atoms with van der Waals surface area (Å²) in [6.45, 7) is 0. The van der Waals surface area contributed by atoms with E-state index < -0.39 is 45.7 Å². The minimum Gasteiger partial charge on any atom is -0.416 e. The second-order valence-electron chi connectivity index (χ2n) is 4.09. The molecule has 0 spiro atoms.